The summed E-state index contributed by atoms with van der Waals surface area (Å²) in [5.41, 5.74) is 6.92. The number of methoxy groups -OCH3 is 1. The molecular weight excluding hydrogens is 252 g/mol. The Balaban J connectivity index is 1.98. The average molecular weight is 276 g/mol. The van der Waals surface area contributed by atoms with Gasteiger partial charge in [0.15, 0.2) is 0 Å². The summed E-state index contributed by atoms with van der Waals surface area (Å²) in [5.74, 6) is 1.14. The molecule has 4 nitrogen and oxygen atoms in total. The molecule has 1 unspecified atom stereocenters. The van der Waals surface area contributed by atoms with Crippen LogP contribution in [0.25, 0.3) is 0 Å². The van der Waals surface area contributed by atoms with Crippen LogP contribution in [-0.2, 0) is 0 Å². The third-order valence-electron chi connectivity index (χ3n) is 4.21. The van der Waals surface area contributed by atoms with E-state index in [0.717, 1.165) is 0 Å². The summed E-state index contributed by atoms with van der Waals surface area (Å²) in [6.45, 7) is 2.10. The maximum Gasteiger partial charge on any atom is 0.251 e. The minimum atomic E-state index is -0.0579. The molecule has 0 spiro atoms. The van der Waals surface area contributed by atoms with E-state index in [1.165, 1.54) is 32.1 Å². The van der Waals surface area contributed by atoms with Gasteiger partial charge in [-0.15, -0.1) is 0 Å². The van der Waals surface area contributed by atoms with Crippen molar-refractivity contribution in [3.05, 3.63) is 23.8 Å². The van der Waals surface area contributed by atoms with E-state index in [0.29, 0.717) is 22.9 Å². The first kappa shape index (κ1) is 14.7. The number of nitrogens with two attached hydrogens (primary N) is 1. The molecule has 1 aromatic carbocycles. The summed E-state index contributed by atoms with van der Waals surface area (Å²) >= 11 is 0. The van der Waals surface area contributed by atoms with Crippen LogP contribution in [0.15, 0.2) is 18.2 Å². The molecule has 0 radical (unpaired) electrons. The number of carbonyl (C=O) groups is 1. The number of carbonyl (C=O) groups excluding carboxylic acids is 1. The fourth-order valence-electron chi connectivity index (χ4n) is 2.92. The number of anilines is 1. The Morgan fingerprint density at radius 2 is 2.05 bits per heavy atom. The van der Waals surface area contributed by atoms with E-state index in [2.05, 4.69) is 12.2 Å². The van der Waals surface area contributed by atoms with Crippen LogP contribution in [0.5, 0.6) is 5.75 Å². The normalized spacial score (nSPS) is 17.5. The van der Waals surface area contributed by atoms with Crippen LogP contribution in [0, 0.1) is 5.92 Å². The van der Waals surface area contributed by atoms with Gasteiger partial charge in [-0.1, -0.05) is 19.3 Å². The number of nitrogen functional groups attached to an aromatic ring is 1. The van der Waals surface area contributed by atoms with Gasteiger partial charge in [-0.2, -0.15) is 0 Å². The van der Waals surface area contributed by atoms with Gasteiger partial charge < -0.3 is 15.8 Å². The number of rotatable bonds is 4. The first-order valence-electron chi connectivity index (χ1n) is 7.36. The lowest BCUT2D eigenvalue weighted by Crippen LogP contribution is -2.38. The monoisotopic (exact) mass is 276 g/mol. The lowest BCUT2D eigenvalue weighted by molar-refractivity contribution is 0.0919. The first-order chi connectivity index (χ1) is 9.61. The molecular formula is C16H24N2O2. The molecule has 0 aromatic heterocycles. The molecule has 110 valence electrons. The smallest absolute Gasteiger partial charge is 0.251 e. The van der Waals surface area contributed by atoms with Crippen LogP contribution < -0.4 is 15.8 Å². The third-order valence-corrected chi connectivity index (χ3v) is 4.21. The number of amides is 1. The van der Waals surface area contributed by atoms with E-state index in [-0.39, 0.29) is 11.9 Å². The van der Waals surface area contributed by atoms with Crippen molar-refractivity contribution in [2.24, 2.45) is 5.92 Å². The molecule has 1 saturated carbocycles. The standard InChI is InChI=1S/C16H24N2O2/c1-11(12-6-4-3-5-7-12)18-16(19)13-8-9-15(20-2)14(17)10-13/h8-12H,3-7,17H2,1-2H3,(H,18,19). The van der Waals surface area contributed by atoms with Crippen LogP contribution in [-0.4, -0.2) is 19.1 Å². The fraction of sp³-hybridized carbons (Fsp3) is 0.562. The van der Waals surface area contributed by atoms with Crippen LogP contribution in [0.1, 0.15) is 49.4 Å². The van der Waals surface area contributed by atoms with Crippen molar-refractivity contribution in [1.29, 1.82) is 0 Å². The summed E-state index contributed by atoms with van der Waals surface area (Å²) in [6.07, 6.45) is 6.31. The fourth-order valence-corrected chi connectivity index (χ4v) is 2.92. The van der Waals surface area contributed by atoms with E-state index < -0.39 is 0 Å². The summed E-state index contributed by atoms with van der Waals surface area (Å²) < 4.78 is 5.10. The number of nitrogens with one attached hydrogen (secondary N) is 1. The summed E-state index contributed by atoms with van der Waals surface area (Å²) in [6, 6.07) is 5.36. The molecule has 0 aliphatic heterocycles. The molecule has 4 heteroatoms. The molecule has 3 N–H and O–H groups in total. The summed E-state index contributed by atoms with van der Waals surface area (Å²) in [7, 11) is 1.57. The predicted octanol–water partition coefficient (Wildman–Crippen LogP) is 2.98. The van der Waals surface area contributed by atoms with Crippen molar-refractivity contribution in [3.8, 4) is 5.75 Å². The number of hydrogen-bond acceptors (Lipinski definition) is 3. The predicted molar refractivity (Wildman–Crippen MR) is 80.9 cm³/mol. The van der Waals surface area contributed by atoms with Crippen molar-refractivity contribution in [1.82, 2.24) is 5.32 Å². The molecule has 1 fully saturated rings. The van der Waals surface area contributed by atoms with Crippen molar-refractivity contribution in [2.45, 2.75) is 45.1 Å². The number of hydrogen-bond donors (Lipinski definition) is 2. The first-order valence-corrected chi connectivity index (χ1v) is 7.36. The molecule has 0 saturated heterocycles. The maximum atomic E-state index is 12.2. The quantitative estimate of drug-likeness (QED) is 0.831. The zero-order valence-electron chi connectivity index (χ0n) is 12.3. The van der Waals surface area contributed by atoms with E-state index in [1.807, 2.05) is 0 Å². The van der Waals surface area contributed by atoms with Gasteiger partial charge in [-0.05, 0) is 43.9 Å². The number of benzene rings is 1. The molecule has 2 rings (SSSR count). The largest absolute Gasteiger partial charge is 0.495 e. The van der Waals surface area contributed by atoms with Gasteiger partial charge in [0.05, 0.1) is 12.8 Å². The Morgan fingerprint density at radius 3 is 2.65 bits per heavy atom. The van der Waals surface area contributed by atoms with E-state index in [4.69, 9.17) is 10.5 Å². The Morgan fingerprint density at radius 1 is 1.35 bits per heavy atom. The average Bonchev–Trinajstić information content (AvgIpc) is 2.48. The molecule has 1 aromatic rings. The molecule has 1 aliphatic carbocycles. The highest BCUT2D eigenvalue weighted by molar-refractivity contribution is 5.95. The second-order valence-corrected chi connectivity index (χ2v) is 5.62. The molecule has 1 amide bonds. The van der Waals surface area contributed by atoms with Crippen LogP contribution in [0.3, 0.4) is 0 Å². The highest BCUT2D eigenvalue weighted by Crippen LogP contribution is 2.27. The minimum absolute atomic E-state index is 0.0579. The van der Waals surface area contributed by atoms with Gasteiger partial charge >= 0.3 is 0 Å². The van der Waals surface area contributed by atoms with Crippen LogP contribution in [0.4, 0.5) is 5.69 Å². The second-order valence-electron chi connectivity index (χ2n) is 5.62. The highest BCUT2D eigenvalue weighted by atomic mass is 16.5. The Bertz CT molecular complexity index is 468. The maximum absolute atomic E-state index is 12.2. The van der Waals surface area contributed by atoms with Crippen molar-refractivity contribution >= 4 is 11.6 Å². The van der Waals surface area contributed by atoms with E-state index in [9.17, 15) is 4.79 Å². The molecule has 1 atom stereocenters. The zero-order chi connectivity index (χ0) is 14.5. The summed E-state index contributed by atoms with van der Waals surface area (Å²) in [5, 5.41) is 3.10. The SMILES string of the molecule is COc1ccc(C(=O)NC(C)C2CCCCC2)cc1N. The van der Waals surface area contributed by atoms with Gasteiger partial charge in [-0.3, -0.25) is 4.79 Å². The zero-order valence-corrected chi connectivity index (χ0v) is 12.3. The molecule has 20 heavy (non-hydrogen) atoms. The summed E-state index contributed by atoms with van der Waals surface area (Å²) in [4.78, 5) is 12.2. The van der Waals surface area contributed by atoms with Gasteiger partial charge in [0.25, 0.3) is 5.91 Å². The van der Waals surface area contributed by atoms with Crippen LogP contribution in [0.2, 0.25) is 0 Å². The topological polar surface area (TPSA) is 64.3 Å². The molecule has 0 heterocycles. The van der Waals surface area contributed by atoms with Crippen molar-refractivity contribution < 1.29 is 9.53 Å². The van der Waals surface area contributed by atoms with Gasteiger partial charge in [0, 0.05) is 11.6 Å². The van der Waals surface area contributed by atoms with Gasteiger partial charge in [0.1, 0.15) is 5.75 Å². The van der Waals surface area contributed by atoms with Gasteiger partial charge in [-0.25, -0.2) is 0 Å². The Hall–Kier alpha value is -1.71. The van der Waals surface area contributed by atoms with Crippen molar-refractivity contribution in [3.63, 3.8) is 0 Å². The van der Waals surface area contributed by atoms with Crippen molar-refractivity contribution in [2.75, 3.05) is 12.8 Å². The van der Waals surface area contributed by atoms with Crippen LogP contribution >= 0.6 is 0 Å². The van der Waals surface area contributed by atoms with Gasteiger partial charge in [0.2, 0.25) is 0 Å². The minimum Gasteiger partial charge on any atom is -0.495 e. The lowest BCUT2D eigenvalue weighted by Gasteiger charge is -2.28. The molecule has 1 aliphatic rings. The molecule has 0 bridgehead atoms. The Labute approximate surface area is 120 Å². The second kappa shape index (κ2) is 6.64. The number of ether oxygens (including phenoxy) is 1. The van der Waals surface area contributed by atoms with E-state index in [1.54, 1.807) is 25.3 Å². The Kier molecular flexibility index (Phi) is 4.88. The lowest BCUT2D eigenvalue weighted by atomic mass is 9.84. The highest BCUT2D eigenvalue weighted by Gasteiger charge is 2.22. The third kappa shape index (κ3) is 3.44. The van der Waals surface area contributed by atoms with E-state index >= 15 is 0 Å².